The zero-order valence-corrected chi connectivity index (χ0v) is 13.5. The van der Waals surface area contributed by atoms with E-state index < -0.39 is 0 Å². The second-order valence-corrected chi connectivity index (χ2v) is 6.14. The number of hydrogen-bond acceptors (Lipinski definition) is 4. The standard InChI is InChI=1S/C14H25N5S/c1-10(9-19-7-5-4-6-8-19)16-14-12(13(15)20)11(2)17-18(14)3/h10,16H,4-9H2,1-3H3,(H2,15,20). The summed E-state index contributed by atoms with van der Waals surface area (Å²) >= 11 is 5.14. The van der Waals surface area contributed by atoms with E-state index in [0.29, 0.717) is 11.0 Å². The number of likely N-dealkylation sites (tertiary alicyclic amines) is 1. The third-order valence-corrected chi connectivity index (χ3v) is 4.04. The highest BCUT2D eigenvalue weighted by Gasteiger charge is 2.19. The van der Waals surface area contributed by atoms with Gasteiger partial charge in [0.25, 0.3) is 0 Å². The molecule has 1 saturated heterocycles. The molecule has 2 rings (SSSR count). The second-order valence-electron chi connectivity index (χ2n) is 5.70. The van der Waals surface area contributed by atoms with Crippen LogP contribution < -0.4 is 11.1 Å². The normalized spacial score (nSPS) is 17.9. The molecule has 112 valence electrons. The third-order valence-electron chi connectivity index (χ3n) is 3.83. The topological polar surface area (TPSA) is 59.1 Å². The van der Waals surface area contributed by atoms with Crippen LogP contribution in [0.1, 0.15) is 37.4 Å². The molecule has 0 amide bonds. The summed E-state index contributed by atoms with van der Waals surface area (Å²) in [6, 6.07) is 0.344. The zero-order chi connectivity index (χ0) is 14.7. The van der Waals surface area contributed by atoms with Gasteiger partial charge in [-0.3, -0.25) is 4.68 Å². The number of rotatable bonds is 5. The molecule has 6 heteroatoms. The van der Waals surface area contributed by atoms with Gasteiger partial charge in [0, 0.05) is 19.6 Å². The van der Waals surface area contributed by atoms with Crippen LogP contribution in [0.25, 0.3) is 0 Å². The summed E-state index contributed by atoms with van der Waals surface area (Å²) in [6.07, 6.45) is 4.00. The van der Waals surface area contributed by atoms with Gasteiger partial charge < -0.3 is 16.0 Å². The fourth-order valence-electron chi connectivity index (χ4n) is 2.93. The molecular formula is C14H25N5S. The van der Waals surface area contributed by atoms with Crippen molar-refractivity contribution in [3.05, 3.63) is 11.3 Å². The Bertz CT molecular complexity index is 476. The molecule has 1 fully saturated rings. The highest BCUT2D eigenvalue weighted by Crippen LogP contribution is 2.20. The first-order valence-corrected chi connectivity index (χ1v) is 7.72. The predicted molar refractivity (Wildman–Crippen MR) is 87.2 cm³/mol. The van der Waals surface area contributed by atoms with Gasteiger partial charge in [0.05, 0.1) is 11.3 Å². The van der Waals surface area contributed by atoms with Crippen molar-refractivity contribution < 1.29 is 0 Å². The van der Waals surface area contributed by atoms with Gasteiger partial charge in [0.15, 0.2) is 0 Å². The van der Waals surface area contributed by atoms with E-state index in [4.69, 9.17) is 18.0 Å². The Hall–Kier alpha value is -1.14. The van der Waals surface area contributed by atoms with Crippen LogP contribution >= 0.6 is 12.2 Å². The van der Waals surface area contributed by atoms with Crippen molar-refractivity contribution in [3.8, 4) is 0 Å². The Morgan fingerprint density at radius 2 is 2.05 bits per heavy atom. The SMILES string of the molecule is Cc1nn(C)c(NC(C)CN2CCCCC2)c1C(N)=S. The molecule has 0 saturated carbocycles. The Morgan fingerprint density at radius 1 is 1.40 bits per heavy atom. The van der Waals surface area contributed by atoms with E-state index in [2.05, 4.69) is 22.2 Å². The number of nitrogens with two attached hydrogens (primary N) is 1. The van der Waals surface area contributed by atoms with Crippen molar-refractivity contribution in [1.29, 1.82) is 0 Å². The van der Waals surface area contributed by atoms with Crippen molar-refractivity contribution in [2.45, 2.75) is 39.2 Å². The number of nitrogens with zero attached hydrogens (tertiary/aromatic N) is 3. The summed E-state index contributed by atoms with van der Waals surface area (Å²) in [5, 5.41) is 7.92. The molecule has 1 aromatic rings. The van der Waals surface area contributed by atoms with Crippen molar-refractivity contribution in [1.82, 2.24) is 14.7 Å². The van der Waals surface area contributed by atoms with E-state index in [1.807, 2.05) is 18.7 Å². The summed E-state index contributed by atoms with van der Waals surface area (Å²) in [7, 11) is 1.92. The lowest BCUT2D eigenvalue weighted by Gasteiger charge is -2.29. The van der Waals surface area contributed by atoms with Gasteiger partial charge >= 0.3 is 0 Å². The first-order chi connectivity index (χ1) is 9.49. The minimum absolute atomic E-state index is 0.344. The number of thiocarbonyl (C=S) groups is 1. The van der Waals surface area contributed by atoms with Crippen molar-refractivity contribution >= 4 is 23.0 Å². The maximum absolute atomic E-state index is 5.82. The molecule has 20 heavy (non-hydrogen) atoms. The highest BCUT2D eigenvalue weighted by atomic mass is 32.1. The van der Waals surface area contributed by atoms with Gasteiger partial charge in [-0.15, -0.1) is 0 Å². The van der Waals surface area contributed by atoms with Gasteiger partial charge in [-0.25, -0.2) is 0 Å². The summed E-state index contributed by atoms with van der Waals surface area (Å²) < 4.78 is 1.83. The summed E-state index contributed by atoms with van der Waals surface area (Å²) in [5.41, 5.74) is 7.57. The lowest BCUT2D eigenvalue weighted by atomic mass is 10.1. The summed E-state index contributed by atoms with van der Waals surface area (Å²) in [5.74, 6) is 0.930. The molecule has 2 heterocycles. The van der Waals surface area contributed by atoms with Gasteiger partial charge in [-0.05, 0) is 39.8 Å². The van der Waals surface area contributed by atoms with E-state index >= 15 is 0 Å². The number of hydrogen-bond donors (Lipinski definition) is 2. The molecule has 0 radical (unpaired) electrons. The molecule has 0 aliphatic carbocycles. The minimum atomic E-state index is 0.344. The van der Waals surface area contributed by atoms with Crippen LogP contribution in [0.5, 0.6) is 0 Å². The second kappa shape index (κ2) is 6.54. The van der Waals surface area contributed by atoms with Crippen LogP contribution in [-0.4, -0.2) is 45.3 Å². The van der Waals surface area contributed by atoms with Gasteiger partial charge in [-0.2, -0.15) is 5.10 Å². The third kappa shape index (κ3) is 3.49. The van der Waals surface area contributed by atoms with Gasteiger partial charge in [0.1, 0.15) is 10.8 Å². The molecule has 5 nitrogen and oxygen atoms in total. The molecule has 0 aromatic carbocycles. The Balaban J connectivity index is 2.03. The molecular weight excluding hydrogens is 270 g/mol. The Morgan fingerprint density at radius 3 is 2.65 bits per heavy atom. The molecule has 1 aliphatic heterocycles. The van der Waals surface area contributed by atoms with E-state index in [0.717, 1.165) is 23.6 Å². The number of piperidine rings is 1. The quantitative estimate of drug-likeness (QED) is 0.809. The highest BCUT2D eigenvalue weighted by molar-refractivity contribution is 7.80. The number of aryl methyl sites for hydroxylation is 2. The molecule has 0 spiro atoms. The van der Waals surface area contributed by atoms with Crippen LogP contribution in [0.2, 0.25) is 0 Å². The van der Waals surface area contributed by atoms with Crippen LogP contribution in [-0.2, 0) is 7.05 Å². The smallest absolute Gasteiger partial charge is 0.134 e. The Kier molecular flexibility index (Phi) is 4.99. The monoisotopic (exact) mass is 295 g/mol. The largest absolute Gasteiger partial charge is 0.389 e. The maximum Gasteiger partial charge on any atom is 0.134 e. The van der Waals surface area contributed by atoms with Crippen LogP contribution in [0.15, 0.2) is 0 Å². The van der Waals surface area contributed by atoms with Crippen molar-refractivity contribution in [2.24, 2.45) is 12.8 Å². The number of nitrogens with one attached hydrogen (secondary N) is 1. The van der Waals surface area contributed by atoms with Crippen molar-refractivity contribution in [3.63, 3.8) is 0 Å². The van der Waals surface area contributed by atoms with E-state index in [1.165, 1.54) is 32.4 Å². The minimum Gasteiger partial charge on any atom is -0.389 e. The molecule has 1 aromatic heterocycles. The first-order valence-electron chi connectivity index (χ1n) is 7.31. The first kappa shape index (κ1) is 15.3. The molecule has 3 N–H and O–H groups in total. The van der Waals surface area contributed by atoms with Crippen LogP contribution in [0.4, 0.5) is 5.82 Å². The fourth-order valence-corrected chi connectivity index (χ4v) is 3.17. The molecule has 0 bridgehead atoms. The summed E-state index contributed by atoms with van der Waals surface area (Å²) in [6.45, 7) is 7.59. The van der Waals surface area contributed by atoms with E-state index in [1.54, 1.807) is 0 Å². The van der Waals surface area contributed by atoms with Gasteiger partial charge in [-0.1, -0.05) is 18.6 Å². The van der Waals surface area contributed by atoms with Gasteiger partial charge in [0.2, 0.25) is 0 Å². The average molecular weight is 295 g/mol. The predicted octanol–water partition coefficient (Wildman–Crippen LogP) is 1.65. The van der Waals surface area contributed by atoms with E-state index in [9.17, 15) is 0 Å². The molecule has 1 unspecified atom stereocenters. The molecule has 1 aliphatic rings. The number of anilines is 1. The maximum atomic E-state index is 5.82. The summed E-state index contributed by atoms with van der Waals surface area (Å²) in [4.78, 5) is 2.92. The van der Waals surface area contributed by atoms with Crippen molar-refractivity contribution in [2.75, 3.05) is 25.0 Å². The average Bonchev–Trinajstić information content (AvgIpc) is 2.65. The lowest BCUT2D eigenvalue weighted by Crippen LogP contribution is -2.38. The Labute approximate surface area is 126 Å². The number of aromatic nitrogens is 2. The van der Waals surface area contributed by atoms with Crippen LogP contribution in [0, 0.1) is 6.92 Å². The lowest BCUT2D eigenvalue weighted by molar-refractivity contribution is 0.223. The molecule has 1 atom stereocenters. The van der Waals surface area contributed by atoms with E-state index in [-0.39, 0.29) is 0 Å². The zero-order valence-electron chi connectivity index (χ0n) is 12.6. The fraction of sp³-hybridized carbons (Fsp3) is 0.714. The van der Waals surface area contributed by atoms with Crippen LogP contribution in [0.3, 0.4) is 0 Å².